The summed E-state index contributed by atoms with van der Waals surface area (Å²) in [4.78, 5) is 4.01. The Morgan fingerprint density at radius 1 is 1.36 bits per heavy atom. The van der Waals surface area contributed by atoms with Crippen LogP contribution in [0.15, 0.2) is 41.1 Å². The lowest BCUT2D eigenvalue weighted by Crippen LogP contribution is -2.11. The van der Waals surface area contributed by atoms with Gasteiger partial charge in [-0.2, -0.15) is 10.5 Å². The summed E-state index contributed by atoms with van der Waals surface area (Å²) in [6, 6.07) is 3.66. The van der Waals surface area contributed by atoms with Crippen LogP contribution in [0.1, 0.15) is 6.92 Å². The third-order valence-corrected chi connectivity index (χ3v) is 1.79. The number of hydrogen-bond acceptors (Lipinski definition) is 3. The van der Waals surface area contributed by atoms with Crippen LogP contribution in [-0.2, 0) is 0 Å². The third kappa shape index (κ3) is 2.43. The maximum Gasteiger partial charge on any atom is 0.126 e. The monoisotopic (exact) mass is 183 g/mol. The maximum absolute atomic E-state index is 8.62. The fourth-order valence-electron chi connectivity index (χ4n) is 1.09. The van der Waals surface area contributed by atoms with Crippen LogP contribution in [0.2, 0.25) is 0 Å². The van der Waals surface area contributed by atoms with Gasteiger partial charge in [0, 0.05) is 17.8 Å². The highest BCUT2D eigenvalue weighted by atomic mass is 14.7. The lowest BCUT2D eigenvalue weighted by molar-refractivity contribution is 0.790. The number of nitrogens with zero attached hydrogens (tertiary/aromatic N) is 3. The average molecular weight is 183 g/mol. The van der Waals surface area contributed by atoms with Gasteiger partial charge in [-0.3, -0.25) is 4.99 Å². The van der Waals surface area contributed by atoms with E-state index in [1.165, 1.54) is 0 Å². The van der Waals surface area contributed by atoms with E-state index in [1.807, 2.05) is 31.2 Å². The van der Waals surface area contributed by atoms with E-state index in [-0.39, 0.29) is 5.57 Å². The highest BCUT2D eigenvalue weighted by molar-refractivity contribution is 5.73. The van der Waals surface area contributed by atoms with Crippen molar-refractivity contribution in [1.29, 1.82) is 10.5 Å². The molecule has 0 saturated carbocycles. The summed E-state index contributed by atoms with van der Waals surface area (Å²) >= 11 is 0. The summed E-state index contributed by atoms with van der Waals surface area (Å²) in [5.41, 5.74) is -0.352. The zero-order chi connectivity index (χ0) is 10.4. The van der Waals surface area contributed by atoms with E-state index < -0.39 is 5.41 Å². The van der Waals surface area contributed by atoms with Crippen LogP contribution in [0.3, 0.4) is 0 Å². The fourth-order valence-corrected chi connectivity index (χ4v) is 1.09. The topological polar surface area (TPSA) is 59.9 Å². The molecule has 0 spiro atoms. The minimum Gasteiger partial charge on any atom is -0.268 e. The van der Waals surface area contributed by atoms with Crippen LogP contribution >= 0.6 is 0 Å². The van der Waals surface area contributed by atoms with Crippen molar-refractivity contribution < 1.29 is 0 Å². The molecule has 0 amide bonds. The molecule has 68 valence electrons. The molecule has 0 radical (unpaired) electrons. The molecule has 1 atom stereocenters. The molecular weight excluding hydrogens is 174 g/mol. The van der Waals surface area contributed by atoms with E-state index in [1.54, 1.807) is 24.6 Å². The summed E-state index contributed by atoms with van der Waals surface area (Å²) in [5, 5.41) is 17.2. The zero-order valence-corrected chi connectivity index (χ0v) is 7.81. The van der Waals surface area contributed by atoms with Gasteiger partial charge in [-0.1, -0.05) is 12.2 Å². The van der Waals surface area contributed by atoms with Crippen LogP contribution in [0.5, 0.6) is 0 Å². The number of aliphatic imine (C=N–C) groups is 1. The van der Waals surface area contributed by atoms with Gasteiger partial charge in [-0.25, -0.2) is 0 Å². The van der Waals surface area contributed by atoms with Crippen LogP contribution < -0.4 is 0 Å². The molecule has 0 aromatic heterocycles. The number of nitriles is 2. The first-order chi connectivity index (χ1) is 6.70. The van der Waals surface area contributed by atoms with Crippen molar-refractivity contribution in [3.63, 3.8) is 0 Å². The molecule has 0 bridgehead atoms. The second-order valence-electron chi connectivity index (χ2n) is 3.13. The second kappa shape index (κ2) is 4.20. The van der Waals surface area contributed by atoms with E-state index >= 15 is 0 Å². The van der Waals surface area contributed by atoms with Gasteiger partial charge in [0.2, 0.25) is 0 Å². The quantitative estimate of drug-likeness (QED) is 0.584. The van der Waals surface area contributed by atoms with E-state index in [2.05, 4.69) is 4.99 Å². The fraction of sp³-hybridized carbons (Fsp3) is 0.182. The molecule has 1 rings (SSSR count). The van der Waals surface area contributed by atoms with Gasteiger partial charge in [0.1, 0.15) is 17.7 Å². The van der Waals surface area contributed by atoms with Crippen molar-refractivity contribution in [3.05, 3.63) is 36.1 Å². The third-order valence-electron chi connectivity index (χ3n) is 1.79. The van der Waals surface area contributed by atoms with Crippen molar-refractivity contribution in [1.82, 2.24) is 0 Å². The van der Waals surface area contributed by atoms with Crippen LogP contribution in [0.25, 0.3) is 0 Å². The molecular formula is C11H9N3. The average Bonchev–Trinajstić information content (AvgIpc) is 2.40. The number of rotatable bonds is 1. The lowest BCUT2D eigenvalue weighted by atomic mass is 9.89. The molecule has 0 fully saturated rings. The number of hydrogen-bond donors (Lipinski definition) is 0. The molecule has 0 aliphatic carbocycles. The van der Waals surface area contributed by atoms with Crippen LogP contribution in [0, 0.1) is 28.1 Å². The van der Waals surface area contributed by atoms with Gasteiger partial charge in [-0.15, -0.1) is 0 Å². The van der Waals surface area contributed by atoms with Crippen molar-refractivity contribution in [2.75, 3.05) is 0 Å². The second-order valence-corrected chi connectivity index (χ2v) is 3.13. The highest BCUT2D eigenvalue weighted by Gasteiger charge is 2.16. The summed E-state index contributed by atoms with van der Waals surface area (Å²) in [5.74, 6) is 0. The predicted octanol–water partition coefficient (Wildman–Crippen LogP) is 2.12. The van der Waals surface area contributed by atoms with Crippen LogP contribution in [0.4, 0.5) is 0 Å². The maximum atomic E-state index is 8.62. The number of allylic oxidation sites excluding steroid dienone is 5. The van der Waals surface area contributed by atoms with Crippen molar-refractivity contribution in [2.24, 2.45) is 10.4 Å². The van der Waals surface area contributed by atoms with E-state index in [9.17, 15) is 0 Å². The molecule has 0 aromatic rings. The van der Waals surface area contributed by atoms with Gasteiger partial charge in [0.15, 0.2) is 0 Å². The highest BCUT2D eigenvalue weighted by Crippen LogP contribution is 2.21. The summed E-state index contributed by atoms with van der Waals surface area (Å²) < 4.78 is 0. The Morgan fingerprint density at radius 3 is 2.71 bits per heavy atom. The Balaban J connectivity index is 3.04. The predicted molar refractivity (Wildman–Crippen MR) is 54.2 cm³/mol. The molecule has 0 aromatic carbocycles. The Morgan fingerprint density at radius 2 is 2.07 bits per heavy atom. The van der Waals surface area contributed by atoms with Crippen molar-refractivity contribution in [2.45, 2.75) is 6.92 Å². The summed E-state index contributed by atoms with van der Waals surface area (Å²) in [6.07, 6.45) is 10.5. The first kappa shape index (κ1) is 9.95. The van der Waals surface area contributed by atoms with Gasteiger partial charge >= 0.3 is 0 Å². The molecule has 1 aliphatic heterocycles. The normalized spacial score (nSPS) is 23.4. The van der Waals surface area contributed by atoms with Gasteiger partial charge in [0.05, 0.1) is 0 Å². The largest absolute Gasteiger partial charge is 0.268 e. The van der Waals surface area contributed by atoms with Crippen molar-refractivity contribution >= 4 is 6.21 Å². The van der Waals surface area contributed by atoms with Gasteiger partial charge < -0.3 is 0 Å². The van der Waals surface area contributed by atoms with Gasteiger partial charge in [-0.05, 0) is 19.1 Å². The minimum absolute atomic E-state index is 0.102. The van der Waals surface area contributed by atoms with Gasteiger partial charge in [0.25, 0.3) is 0 Å². The van der Waals surface area contributed by atoms with Crippen LogP contribution in [-0.4, -0.2) is 6.21 Å². The standard InChI is InChI=1S/C11H9N3/c1-11(6-10(7-12)8-13)4-2-3-5-14-9-11/h2-6,9H,1H3. The molecule has 1 heterocycles. The van der Waals surface area contributed by atoms with E-state index in [0.29, 0.717) is 0 Å². The van der Waals surface area contributed by atoms with E-state index in [4.69, 9.17) is 10.5 Å². The smallest absolute Gasteiger partial charge is 0.126 e. The Kier molecular flexibility index (Phi) is 2.99. The molecule has 3 nitrogen and oxygen atoms in total. The Hall–Kier alpha value is -2.13. The molecule has 0 N–H and O–H groups in total. The Labute approximate surface area is 83.0 Å². The summed E-state index contributed by atoms with van der Waals surface area (Å²) in [6.45, 7) is 1.88. The first-order valence-corrected chi connectivity index (χ1v) is 4.12. The minimum atomic E-state index is -0.454. The zero-order valence-electron chi connectivity index (χ0n) is 7.81. The molecule has 1 aliphatic rings. The molecule has 3 heteroatoms. The first-order valence-electron chi connectivity index (χ1n) is 4.12. The lowest BCUT2D eigenvalue weighted by Gasteiger charge is -2.13. The van der Waals surface area contributed by atoms with Crippen molar-refractivity contribution in [3.8, 4) is 12.1 Å². The molecule has 14 heavy (non-hydrogen) atoms. The molecule has 1 unspecified atom stereocenters. The molecule has 0 saturated heterocycles. The summed E-state index contributed by atoms with van der Waals surface area (Å²) in [7, 11) is 0. The van der Waals surface area contributed by atoms with E-state index in [0.717, 1.165) is 0 Å². The Bertz CT molecular complexity index is 379. The SMILES string of the molecule is CC1(C=C(C#N)C#N)C=CC=CN=C1.